The maximum atomic E-state index is 11.7. The molecule has 122 valence electrons. The summed E-state index contributed by atoms with van der Waals surface area (Å²) in [6.45, 7) is 6.98. The molecular weight excluding hydrogens is 268 g/mol. The molecule has 2 fully saturated rings. The highest BCUT2D eigenvalue weighted by Crippen LogP contribution is 2.36. The zero-order chi connectivity index (χ0) is 15.5. The lowest BCUT2D eigenvalue weighted by Crippen LogP contribution is -2.54. The smallest absolute Gasteiger partial charge is 0.323 e. The van der Waals surface area contributed by atoms with Crippen molar-refractivity contribution in [2.45, 2.75) is 69.6 Å². The quantitative estimate of drug-likeness (QED) is 0.784. The first-order chi connectivity index (χ1) is 9.95. The van der Waals surface area contributed by atoms with Crippen molar-refractivity contribution in [3.05, 3.63) is 0 Å². The summed E-state index contributed by atoms with van der Waals surface area (Å²) in [6.07, 6.45) is 5.58. The third kappa shape index (κ3) is 3.58. The van der Waals surface area contributed by atoms with E-state index < -0.39 is 11.5 Å². The number of aliphatic carboxylic acids is 1. The predicted octanol–water partition coefficient (Wildman–Crippen LogP) is 1.86. The van der Waals surface area contributed by atoms with Gasteiger partial charge in [0.15, 0.2) is 0 Å². The van der Waals surface area contributed by atoms with Gasteiger partial charge in [-0.15, -0.1) is 0 Å². The van der Waals surface area contributed by atoms with Gasteiger partial charge in [0.2, 0.25) is 0 Å². The number of rotatable bonds is 6. The van der Waals surface area contributed by atoms with Crippen molar-refractivity contribution < 1.29 is 14.6 Å². The van der Waals surface area contributed by atoms with Gasteiger partial charge in [0, 0.05) is 19.7 Å². The van der Waals surface area contributed by atoms with E-state index in [9.17, 15) is 9.90 Å². The zero-order valence-corrected chi connectivity index (χ0v) is 13.7. The summed E-state index contributed by atoms with van der Waals surface area (Å²) in [4.78, 5) is 14.2. The van der Waals surface area contributed by atoms with E-state index in [-0.39, 0.29) is 5.60 Å². The van der Waals surface area contributed by atoms with Gasteiger partial charge >= 0.3 is 5.97 Å². The minimum atomic E-state index is -0.721. The summed E-state index contributed by atoms with van der Waals surface area (Å²) >= 11 is 0. The first-order valence-corrected chi connectivity index (χ1v) is 8.22. The second-order valence-electron chi connectivity index (χ2n) is 6.94. The minimum Gasteiger partial charge on any atom is -0.480 e. The van der Waals surface area contributed by atoms with Crippen molar-refractivity contribution in [2.24, 2.45) is 0 Å². The first-order valence-electron chi connectivity index (χ1n) is 8.22. The van der Waals surface area contributed by atoms with Crippen LogP contribution in [0.2, 0.25) is 0 Å². The molecule has 0 aromatic carbocycles. The van der Waals surface area contributed by atoms with Gasteiger partial charge in [-0.3, -0.25) is 9.69 Å². The van der Waals surface area contributed by atoms with Crippen molar-refractivity contribution in [1.29, 1.82) is 0 Å². The molecule has 1 saturated heterocycles. The molecule has 0 aromatic rings. The Kier molecular flexibility index (Phi) is 5.28. The number of methoxy groups -OCH3 is 1. The van der Waals surface area contributed by atoms with Crippen molar-refractivity contribution in [3.8, 4) is 0 Å². The normalized spacial score (nSPS) is 37.8. The Morgan fingerprint density at radius 1 is 1.48 bits per heavy atom. The molecule has 0 spiro atoms. The molecule has 0 aromatic heterocycles. The summed E-state index contributed by atoms with van der Waals surface area (Å²) in [7, 11) is 1.78. The van der Waals surface area contributed by atoms with Gasteiger partial charge in [-0.2, -0.15) is 0 Å². The molecule has 5 nitrogen and oxygen atoms in total. The Hall–Kier alpha value is -0.650. The molecule has 1 saturated carbocycles. The first kappa shape index (κ1) is 16.7. The zero-order valence-electron chi connectivity index (χ0n) is 13.7. The Balaban J connectivity index is 2.01. The average Bonchev–Trinajstić information content (AvgIpc) is 2.91. The van der Waals surface area contributed by atoms with Gasteiger partial charge in [0.05, 0.1) is 5.60 Å². The van der Waals surface area contributed by atoms with Crippen molar-refractivity contribution in [3.63, 3.8) is 0 Å². The van der Waals surface area contributed by atoms with Crippen LogP contribution in [0.25, 0.3) is 0 Å². The number of carboxylic acid groups (broad SMARTS) is 1. The summed E-state index contributed by atoms with van der Waals surface area (Å²) in [5, 5.41) is 12.9. The van der Waals surface area contributed by atoms with Gasteiger partial charge in [-0.1, -0.05) is 6.92 Å². The monoisotopic (exact) mass is 298 g/mol. The van der Waals surface area contributed by atoms with E-state index in [1.807, 2.05) is 0 Å². The Bertz CT molecular complexity index is 377. The van der Waals surface area contributed by atoms with E-state index in [1.54, 1.807) is 7.11 Å². The third-order valence-electron chi connectivity index (χ3n) is 5.31. The Labute approximate surface area is 128 Å². The fourth-order valence-electron chi connectivity index (χ4n) is 3.85. The molecule has 5 heteroatoms. The third-order valence-corrected chi connectivity index (χ3v) is 5.31. The molecular formula is C16H30N2O3. The van der Waals surface area contributed by atoms with E-state index >= 15 is 0 Å². The van der Waals surface area contributed by atoms with E-state index in [2.05, 4.69) is 24.1 Å². The van der Waals surface area contributed by atoms with Crippen LogP contribution in [0.15, 0.2) is 0 Å². The lowest BCUT2D eigenvalue weighted by atomic mass is 9.92. The van der Waals surface area contributed by atoms with Gasteiger partial charge in [0.25, 0.3) is 0 Å². The SMILES string of the molecule is CCCNC1(C(=O)O)CCC(N2CCCC(C)(OC)C2)C1. The largest absolute Gasteiger partial charge is 0.480 e. The fourth-order valence-corrected chi connectivity index (χ4v) is 3.85. The van der Waals surface area contributed by atoms with Crippen LogP contribution in [-0.2, 0) is 9.53 Å². The molecule has 1 heterocycles. The second kappa shape index (κ2) is 6.63. The van der Waals surface area contributed by atoms with Gasteiger partial charge < -0.3 is 15.2 Å². The van der Waals surface area contributed by atoms with E-state index in [0.717, 1.165) is 51.7 Å². The number of nitrogens with one attached hydrogen (secondary N) is 1. The topological polar surface area (TPSA) is 61.8 Å². The Morgan fingerprint density at radius 2 is 2.24 bits per heavy atom. The van der Waals surface area contributed by atoms with E-state index in [4.69, 9.17) is 4.74 Å². The van der Waals surface area contributed by atoms with Crippen LogP contribution in [-0.4, -0.2) is 59.9 Å². The molecule has 3 atom stereocenters. The molecule has 2 aliphatic rings. The number of likely N-dealkylation sites (tertiary alicyclic amines) is 1. The lowest BCUT2D eigenvalue weighted by Gasteiger charge is -2.42. The Morgan fingerprint density at radius 3 is 2.86 bits per heavy atom. The maximum Gasteiger partial charge on any atom is 0.323 e. The number of carbonyl (C=O) groups is 1. The van der Waals surface area contributed by atoms with Crippen LogP contribution in [0.5, 0.6) is 0 Å². The van der Waals surface area contributed by atoms with E-state index in [0.29, 0.717) is 12.5 Å². The van der Waals surface area contributed by atoms with Gasteiger partial charge in [-0.25, -0.2) is 0 Å². The minimum absolute atomic E-state index is 0.0798. The standard InChI is InChI=1S/C16H30N2O3/c1-4-9-17-16(14(19)20)8-6-13(11-16)18-10-5-7-15(2,12-18)21-3/h13,17H,4-12H2,1-3H3,(H,19,20). The number of hydrogen-bond acceptors (Lipinski definition) is 4. The van der Waals surface area contributed by atoms with Crippen molar-refractivity contribution in [2.75, 3.05) is 26.7 Å². The maximum absolute atomic E-state index is 11.7. The highest BCUT2D eigenvalue weighted by Gasteiger charge is 2.47. The van der Waals surface area contributed by atoms with Crippen molar-refractivity contribution >= 4 is 5.97 Å². The molecule has 3 unspecified atom stereocenters. The summed E-state index contributed by atoms with van der Waals surface area (Å²) in [5.41, 5.74) is -0.800. The van der Waals surface area contributed by atoms with E-state index in [1.165, 1.54) is 0 Å². The van der Waals surface area contributed by atoms with Crippen LogP contribution in [0, 0.1) is 0 Å². The fraction of sp³-hybridized carbons (Fsp3) is 0.938. The summed E-state index contributed by atoms with van der Waals surface area (Å²) in [6, 6.07) is 0.361. The molecule has 1 aliphatic carbocycles. The molecule has 0 bridgehead atoms. The molecule has 1 aliphatic heterocycles. The summed E-state index contributed by atoms with van der Waals surface area (Å²) < 4.78 is 5.66. The van der Waals surface area contributed by atoms with Crippen molar-refractivity contribution in [1.82, 2.24) is 10.2 Å². The number of hydrogen-bond donors (Lipinski definition) is 2. The predicted molar refractivity (Wildman–Crippen MR) is 82.5 cm³/mol. The number of carboxylic acids is 1. The molecule has 21 heavy (non-hydrogen) atoms. The molecule has 2 rings (SSSR count). The molecule has 2 N–H and O–H groups in total. The molecule has 0 amide bonds. The highest BCUT2D eigenvalue weighted by molar-refractivity contribution is 5.79. The number of piperidine rings is 1. The lowest BCUT2D eigenvalue weighted by molar-refractivity contribution is -0.145. The number of nitrogens with zero attached hydrogens (tertiary/aromatic N) is 1. The summed E-state index contributed by atoms with van der Waals surface area (Å²) in [5.74, 6) is -0.690. The van der Waals surface area contributed by atoms with Gasteiger partial charge in [-0.05, 0) is 58.5 Å². The van der Waals surface area contributed by atoms with Crippen LogP contribution in [0.3, 0.4) is 0 Å². The molecule has 0 radical (unpaired) electrons. The van der Waals surface area contributed by atoms with Crippen LogP contribution < -0.4 is 5.32 Å². The van der Waals surface area contributed by atoms with Gasteiger partial charge in [0.1, 0.15) is 5.54 Å². The number of ether oxygens (including phenoxy) is 1. The average molecular weight is 298 g/mol. The van der Waals surface area contributed by atoms with Crippen LogP contribution in [0.1, 0.15) is 52.4 Å². The second-order valence-corrected chi connectivity index (χ2v) is 6.94. The highest BCUT2D eigenvalue weighted by atomic mass is 16.5. The van der Waals surface area contributed by atoms with Crippen LogP contribution in [0.4, 0.5) is 0 Å². The van der Waals surface area contributed by atoms with Crippen LogP contribution >= 0.6 is 0 Å².